The van der Waals surface area contributed by atoms with E-state index >= 15 is 0 Å². The van der Waals surface area contributed by atoms with Crippen LogP contribution in [0.4, 0.5) is 10.1 Å². The monoisotopic (exact) mass is 313 g/mol. The molecule has 3 rings (SSSR count). The minimum atomic E-state index is -0.261. The highest BCUT2D eigenvalue weighted by molar-refractivity contribution is 5.85. The number of nitrogens with one attached hydrogen (secondary N) is 1. The predicted molar refractivity (Wildman–Crippen MR) is 82.2 cm³/mol. The van der Waals surface area contributed by atoms with E-state index in [0.717, 1.165) is 5.69 Å². The van der Waals surface area contributed by atoms with Crippen LogP contribution in [-0.4, -0.2) is 19.6 Å². The summed E-state index contributed by atoms with van der Waals surface area (Å²) in [6.07, 6.45) is 10.4. The number of aromatic nitrogens is 4. The highest BCUT2D eigenvalue weighted by Gasteiger charge is 2.17. The fourth-order valence-electron chi connectivity index (χ4n) is 2.74. The van der Waals surface area contributed by atoms with Crippen molar-refractivity contribution in [1.29, 1.82) is 0 Å². The average molecular weight is 314 g/mol. The molecule has 1 aliphatic rings. The van der Waals surface area contributed by atoms with Gasteiger partial charge in [-0.3, -0.25) is 4.68 Å². The normalized spacial score (nSPS) is 15.1. The molecule has 0 aromatic carbocycles. The van der Waals surface area contributed by atoms with Crippen molar-refractivity contribution in [1.82, 2.24) is 19.6 Å². The topological polar surface area (TPSA) is 47.7 Å². The lowest BCUT2D eigenvalue weighted by Gasteiger charge is -2.08. The van der Waals surface area contributed by atoms with Gasteiger partial charge in [-0.1, -0.05) is 12.8 Å². The second-order valence-electron chi connectivity index (χ2n) is 5.28. The van der Waals surface area contributed by atoms with Crippen LogP contribution in [0.25, 0.3) is 0 Å². The molecule has 1 aliphatic carbocycles. The zero-order chi connectivity index (χ0) is 13.9. The molecule has 0 saturated heterocycles. The van der Waals surface area contributed by atoms with Crippen molar-refractivity contribution >= 4 is 18.1 Å². The van der Waals surface area contributed by atoms with Crippen LogP contribution < -0.4 is 5.32 Å². The zero-order valence-electron chi connectivity index (χ0n) is 12.1. The third-order valence-electron chi connectivity index (χ3n) is 3.93. The van der Waals surface area contributed by atoms with Crippen molar-refractivity contribution in [2.75, 3.05) is 5.32 Å². The summed E-state index contributed by atoms with van der Waals surface area (Å²) < 4.78 is 17.2. The molecule has 0 spiro atoms. The van der Waals surface area contributed by atoms with Gasteiger partial charge >= 0.3 is 0 Å². The van der Waals surface area contributed by atoms with Gasteiger partial charge in [0.15, 0.2) is 0 Å². The average Bonchev–Trinajstić information content (AvgIpc) is 3.17. The molecule has 21 heavy (non-hydrogen) atoms. The van der Waals surface area contributed by atoms with Gasteiger partial charge in [0.2, 0.25) is 5.95 Å². The van der Waals surface area contributed by atoms with E-state index < -0.39 is 0 Å². The summed E-state index contributed by atoms with van der Waals surface area (Å²) in [5, 5.41) is 11.6. The van der Waals surface area contributed by atoms with Crippen molar-refractivity contribution in [2.45, 2.75) is 51.7 Å². The molecular weight excluding hydrogens is 293 g/mol. The molecule has 116 valence electrons. The Hall–Kier alpha value is -1.56. The van der Waals surface area contributed by atoms with Crippen LogP contribution in [0.2, 0.25) is 0 Å². The molecule has 0 radical (unpaired) electrons. The van der Waals surface area contributed by atoms with E-state index in [-0.39, 0.29) is 18.4 Å². The first kappa shape index (κ1) is 15.8. The van der Waals surface area contributed by atoms with E-state index in [4.69, 9.17) is 0 Å². The van der Waals surface area contributed by atoms with E-state index in [9.17, 15) is 4.39 Å². The van der Waals surface area contributed by atoms with Gasteiger partial charge < -0.3 is 5.32 Å². The zero-order valence-corrected chi connectivity index (χ0v) is 12.9. The van der Waals surface area contributed by atoms with Crippen molar-refractivity contribution < 1.29 is 4.39 Å². The lowest BCUT2D eigenvalue weighted by Crippen LogP contribution is -2.05. The quantitative estimate of drug-likeness (QED) is 0.920. The van der Waals surface area contributed by atoms with Crippen molar-refractivity contribution in [3.63, 3.8) is 0 Å². The second-order valence-corrected chi connectivity index (χ2v) is 5.28. The SMILES string of the molecule is CCn1ncc(CNc2cnn(C3CCCC3)c2)c1F.Cl. The Morgan fingerprint density at radius 3 is 2.71 bits per heavy atom. The Balaban J connectivity index is 0.00000161. The van der Waals surface area contributed by atoms with Crippen molar-refractivity contribution in [3.05, 3.63) is 30.1 Å². The summed E-state index contributed by atoms with van der Waals surface area (Å²) in [6, 6.07) is 0.533. The smallest absolute Gasteiger partial charge is 0.216 e. The number of aryl methyl sites for hydroxylation is 1. The lowest BCUT2D eigenvalue weighted by atomic mass is 10.3. The van der Waals surface area contributed by atoms with E-state index in [0.29, 0.717) is 24.7 Å². The number of halogens is 2. The Labute approximate surface area is 129 Å². The van der Waals surface area contributed by atoms with Crippen LogP contribution in [-0.2, 0) is 13.1 Å². The van der Waals surface area contributed by atoms with Gasteiger partial charge in [0.25, 0.3) is 0 Å². The van der Waals surface area contributed by atoms with Gasteiger partial charge in [-0.25, -0.2) is 4.68 Å². The van der Waals surface area contributed by atoms with Crippen LogP contribution in [0.1, 0.15) is 44.2 Å². The fraction of sp³-hybridized carbons (Fsp3) is 0.571. The van der Waals surface area contributed by atoms with Gasteiger partial charge in [-0.2, -0.15) is 14.6 Å². The number of hydrogen-bond acceptors (Lipinski definition) is 3. The van der Waals surface area contributed by atoms with Gasteiger partial charge in [-0.15, -0.1) is 12.4 Å². The molecule has 2 aromatic heterocycles. The van der Waals surface area contributed by atoms with Gasteiger partial charge in [0.05, 0.1) is 24.1 Å². The number of hydrogen-bond donors (Lipinski definition) is 1. The van der Waals surface area contributed by atoms with E-state index in [1.807, 2.05) is 17.8 Å². The van der Waals surface area contributed by atoms with Crippen LogP contribution >= 0.6 is 12.4 Å². The van der Waals surface area contributed by atoms with Crippen molar-refractivity contribution in [2.24, 2.45) is 0 Å². The first-order valence-electron chi connectivity index (χ1n) is 7.26. The maximum Gasteiger partial charge on any atom is 0.216 e. The number of rotatable bonds is 5. The molecule has 0 unspecified atom stereocenters. The van der Waals surface area contributed by atoms with Gasteiger partial charge in [0.1, 0.15) is 0 Å². The predicted octanol–water partition coefficient (Wildman–Crippen LogP) is 3.39. The Morgan fingerprint density at radius 1 is 1.29 bits per heavy atom. The molecule has 2 aromatic rings. The Kier molecular flexibility index (Phi) is 5.22. The van der Waals surface area contributed by atoms with Crippen LogP contribution in [0.15, 0.2) is 18.6 Å². The van der Waals surface area contributed by atoms with Crippen molar-refractivity contribution in [3.8, 4) is 0 Å². The molecule has 1 N–H and O–H groups in total. The highest BCUT2D eigenvalue weighted by atomic mass is 35.5. The van der Waals surface area contributed by atoms with E-state index in [1.54, 1.807) is 12.4 Å². The molecular formula is C14H21ClFN5. The molecule has 1 saturated carbocycles. The molecule has 0 bridgehead atoms. The maximum atomic E-state index is 13.8. The lowest BCUT2D eigenvalue weighted by molar-refractivity contribution is 0.465. The van der Waals surface area contributed by atoms with Gasteiger partial charge in [-0.05, 0) is 19.8 Å². The fourth-order valence-corrected chi connectivity index (χ4v) is 2.74. The minimum absolute atomic E-state index is 0. The first-order valence-corrected chi connectivity index (χ1v) is 7.26. The van der Waals surface area contributed by atoms with E-state index in [2.05, 4.69) is 15.5 Å². The summed E-state index contributed by atoms with van der Waals surface area (Å²) in [7, 11) is 0. The molecule has 0 amide bonds. The Bertz CT molecular complexity index is 574. The van der Waals surface area contributed by atoms with Crippen LogP contribution in [0, 0.1) is 5.95 Å². The maximum absolute atomic E-state index is 13.8. The number of anilines is 1. The van der Waals surface area contributed by atoms with Crippen LogP contribution in [0.3, 0.4) is 0 Å². The Morgan fingerprint density at radius 2 is 2.05 bits per heavy atom. The number of nitrogens with zero attached hydrogens (tertiary/aromatic N) is 4. The molecule has 1 fully saturated rings. The molecule has 2 heterocycles. The summed E-state index contributed by atoms with van der Waals surface area (Å²) in [6.45, 7) is 2.85. The van der Waals surface area contributed by atoms with E-state index in [1.165, 1.54) is 30.4 Å². The molecule has 0 aliphatic heterocycles. The summed E-state index contributed by atoms with van der Waals surface area (Å²) in [5.74, 6) is -0.261. The second kappa shape index (κ2) is 6.93. The molecule has 5 nitrogen and oxygen atoms in total. The summed E-state index contributed by atoms with van der Waals surface area (Å²) in [4.78, 5) is 0. The highest BCUT2D eigenvalue weighted by Crippen LogP contribution is 2.29. The van der Waals surface area contributed by atoms with Gasteiger partial charge in [0, 0.05) is 24.8 Å². The standard InChI is InChI=1S/C14H20FN5.ClH/c1-2-19-14(15)11(8-17-19)7-16-12-9-18-20(10-12)13-5-3-4-6-13;/h8-10,13,16H,2-7H2,1H3;1H. The summed E-state index contributed by atoms with van der Waals surface area (Å²) >= 11 is 0. The first-order chi connectivity index (χ1) is 9.78. The molecule has 7 heteroatoms. The largest absolute Gasteiger partial charge is 0.378 e. The third kappa shape index (κ3) is 3.37. The summed E-state index contributed by atoms with van der Waals surface area (Å²) in [5.41, 5.74) is 1.51. The third-order valence-corrected chi connectivity index (χ3v) is 3.93. The molecule has 0 atom stereocenters. The minimum Gasteiger partial charge on any atom is -0.378 e. The van der Waals surface area contributed by atoms with Crippen LogP contribution in [0.5, 0.6) is 0 Å².